The zero-order chi connectivity index (χ0) is 27.6. The Morgan fingerprint density at radius 1 is 1.27 bits per heavy atom. The van der Waals surface area contributed by atoms with E-state index in [4.69, 9.17) is 9.47 Å². The smallest absolute Gasteiger partial charge is 0.389 e. The number of amides is 2. The van der Waals surface area contributed by atoms with E-state index in [9.17, 15) is 27.9 Å². The Bertz CT molecular complexity index is 884. The van der Waals surface area contributed by atoms with Crippen molar-refractivity contribution in [3.05, 3.63) is 23.8 Å². The molecule has 2 rings (SSSR count). The third-order valence-corrected chi connectivity index (χ3v) is 6.38. The molecule has 0 saturated heterocycles. The number of nitrogens with zero attached hydrogens (tertiary/aromatic N) is 1. The average Bonchev–Trinajstić information content (AvgIpc) is 2.84. The Labute approximate surface area is 216 Å². The summed E-state index contributed by atoms with van der Waals surface area (Å²) in [4.78, 5) is 27.5. The molecule has 37 heavy (non-hydrogen) atoms. The Kier molecular flexibility index (Phi) is 12.1. The van der Waals surface area contributed by atoms with Gasteiger partial charge in [0.1, 0.15) is 5.75 Å². The number of aliphatic hydroxyl groups is 1. The van der Waals surface area contributed by atoms with Gasteiger partial charge in [0.2, 0.25) is 5.91 Å². The monoisotopic (exact) mass is 531 g/mol. The Balaban J connectivity index is 2.42. The van der Waals surface area contributed by atoms with Gasteiger partial charge in [-0.05, 0) is 58.4 Å². The minimum atomic E-state index is -4.44. The predicted octanol–water partition coefficient (Wildman–Crippen LogP) is 3.98. The molecule has 210 valence electrons. The number of hydrogen-bond donors (Lipinski definition) is 3. The lowest BCUT2D eigenvalue weighted by Gasteiger charge is -2.34. The molecule has 0 radical (unpaired) electrons. The molecule has 8 nitrogen and oxygen atoms in total. The standard InChI is InChI=1S/C26H40F3N3O5/c1-17-15-32(18(2)16-33)25(35)21-13-20(31-24(34)10-11-26(27,28)29)8-9-22(21)37-19(3)7-5-6-12-36-23(17)14-30-4/h8-9,13,17-19,23,30,33H,5-7,10-12,14-16H2,1-4H3,(H,31,34)/t17-,18-,19-,23+/m0/s1. The van der Waals surface area contributed by atoms with Gasteiger partial charge in [-0.1, -0.05) is 6.92 Å². The van der Waals surface area contributed by atoms with Gasteiger partial charge in [-0.2, -0.15) is 13.2 Å². The van der Waals surface area contributed by atoms with Gasteiger partial charge >= 0.3 is 6.18 Å². The summed E-state index contributed by atoms with van der Waals surface area (Å²) in [6.07, 6.45) is -4.31. The van der Waals surface area contributed by atoms with Crippen molar-refractivity contribution in [3.63, 3.8) is 0 Å². The first-order chi connectivity index (χ1) is 17.4. The number of halogens is 3. The summed E-state index contributed by atoms with van der Waals surface area (Å²) in [5.74, 6) is -0.973. The van der Waals surface area contributed by atoms with Gasteiger partial charge < -0.3 is 30.1 Å². The van der Waals surface area contributed by atoms with Crippen LogP contribution in [0.5, 0.6) is 5.75 Å². The molecule has 0 spiro atoms. The summed E-state index contributed by atoms with van der Waals surface area (Å²) < 4.78 is 49.8. The van der Waals surface area contributed by atoms with E-state index in [0.717, 1.165) is 19.3 Å². The topological polar surface area (TPSA) is 100 Å². The number of nitrogens with one attached hydrogen (secondary N) is 2. The van der Waals surface area contributed by atoms with Crippen molar-refractivity contribution >= 4 is 17.5 Å². The average molecular weight is 532 g/mol. The molecule has 0 bridgehead atoms. The van der Waals surface area contributed by atoms with Crippen molar-refractivity contribution in [1.29, 1.82) is 0 Å². The summed E-state index contributed by atoms with van der Waals surface area (Å²) in [6, 6.07) is 3.96. The van der Waals surface area contributed by atoms with E-state index in [-0.39, 0.29) is 36.0 Å². The molecule has 4 atom stereocenters. The van der Waals surface area contributed by atoms with Gasteiger partial charge in [-0.3, -0.25) is 9.59 Å². The van der Waals surface area contributed by atoms with Crippen molar-refractivity contribution in [2.24, 2.45) is 5.92 Å². The largest absolute Gasteiger partial charge is 0.490 e. The molecular weight excluding hydrogens is 491 g/mol. The summed E-state index contributed by atoms with van der Waals surface area (Å²) in [6.45, 7) is 6.82. The van der Waals surface area contributed by atoms with Crippen molar-refractivity contribution in [3.8, 4) is 5.75 Å². The zero-order valence-corrected chi connectivity index (χ0v) is 22.1. The van der Waals surface area contributed by atoms with Crippen LogP contribution in [0.15, 0.2) is 18.2 Å². The van der Waals surface area contributed by atoms with Gasteiger partial charge in [0, 0.05) is 37.7 Å². The minimum absolute atomic E-state index is 0.0677. The molecule has 3 N–H and O–H groups in total. The molecule has 0 saturated carbocycles. The van der Waals surface area contributed by atoms with Gasteiger partial charge in [0.25, 0.3) is 5.91 Å². The molecule has 0 aromatic heterocycles. The number of ether oxygens (including phenoxy) is 2. The van der Waals surface area contributed by atoms with Gasteiger partial charge in [-0.15, -0.1) is 0 Å². The maximum Gasteiger partial charge on any atom is 0.389 e. The fourth-order valence-corrected chi connectivity index (χ4v) is 4.17. The third kappa shape index (κ3) is 10.1. The third-order valence-electron chi connectivity index (χ3n) is 6.38. The van der Waals surface area contributed by atoms with Crippen LogP contribution in [0.25, 0.3) is 0 Å². The van der Waals surface area contributed by atoms with Crippen molar-refractivity contribution in [2.75, 3.05) is 38.7 Å². The van der Waals surface area contributed by atoms with Crippen LogP contribution in [0.4, 0.5) is 18.9 Å². The predicted molar refractivity (Wildman–Crippen MR) is 135 cm³/mol. The molecule has 0 fully saturated rings. The van der Waals surface area contributed by atoms with Crippen LogP contribution < -0.4 is 15.4 Å². The molecular formula is C26H40F3N3O5. The molecule has 0 unspecified atom stereocenters. The Hall–Kier alpha value is -2.37. The van der Waals surface area contributed by atoms with Crippen LogP contribution in [0.2, 0.25) is 0 Å². The molecule has 1 heterocycles. The van der Waals surface area contributed by atoms with E-state index in [1.54, 1.807) is 17.9 Å². The van der Waals surface area contributed by atoms with Gasteiger partial charge in [-0.25, -0.2) is 0 Å². The highest BCUT2D eigenvalue weighted by Gasteiger charge is 2.30. The first-order valence-corrected chi connectivity index (χ1v) is 12.8. The Morgan fingerprint density at radius 3 is 2.65 bits per heavy atom. The minimum Gasteiger partial charge on any atom is -0.490 e. The first-order valence-electron chi connectivity index (χ1n) is 12.8. The van der Waals surface area contributed by atoms with E-state index in [1.807, 2.05) is 20.9 Å². The lowest BCUT2D eigenvalue weighted by atomic mass is 10.0. The van der Waals surface area contributed by atoms with E-state index in [2.05, 4.69) is 10.6 Å². The quantitative estimate of drug-likeness (QED) is 0.492. The van der Waals surface area contributed by atoms with E-state index >= 15 is 0 Å². The highest BCUT2D eigenvalue weighted by molar-refractivity contribution is 5.99. The molecule has 1 aromatic rings. The number of benzene rings is 1. The number of carbonyl (C=O) groups is 2. The van der Waals surface area contributed by atoms with Crippen LogP contribution in [0.1, 0.15) is 63.2 Å². The summed E-state index contributed by atoms with van der Waals surface area (Å²) in [5.41, 5.74) is 0.355. The fourth-order valence-electron chi connectivity index (χ4n) is 4.17. The van der Waals surface area contributed by atoms with Crippen LogP contribution >= 0.6 is 0 Å². The van der Waals surface area contributed by atoms with Crippen molar-refractivity contribution < 1.29 is 37.3 Å². The maximum absolute atomic E-state index is 13.8. The summed E-state index contributed by atoms with van der Waals surface area (Å²) in [7, 11) is 1.83. The highest BCUT2D eigenvalue weighted by Crippen LogP contribution is 2.29. The number of aliphatic hydroxyl groups excluding tert-OH is 1. The lowest BCUT2D eigenvalue weighted by Crippen LogP contribution is -2.47. The van der Waals surface area contributed by atoms with Crippen LogP contribution in [0.3, 0.4) is 0 Å². The maximum atomic E-state index is 13.8. The van der Waals surface area contributed by atoms with Crippen LogP contribution in [-0.4, -0.2) is 79.6 Å². The summed E-state index contributed by atoms with van der Waals surface area (Å²) >= 11 is 0. The first kappa shape index (κ1) is 30.9. The molecule has 0 aliphatic carbocycles. The number of carbonyl (C=O) groups excluding carboxylic acids is 2. The molecule has 11 heteroatoms. The molecule has 1 aromatic carbocycles. The number of anilines is 1. The number of hydrogen-bond acceptors (Lipinski definition) is 6. The second kappa shape index (κ2) is 14.5. The number of likely N-dealkylation sites (N-methyl/N-ethyl adjacent to an activating group) is 1. The number of fused-ring (bicyclic) bond motifs is 1. The second-order valence-electron chi connectivity index (χ2n) is 9.73. The lowest BCUT2D eigenvalue weighted by molar-refractivity contribution is -0.142. The zero-order valence-electron chi connectivity index (χ0n) is 22.1. The SMILES string of the molecule is CNC[C@H]1OCCCC[C@H](C)Oc2ccc(NC(=O)CCC(F)(F)F)cc2C(=O)N([C@@H](C)CO)C[C@@H]1C. The van der Waals surface area contributed by atoms with Crippen molar-refractivity contribution in [1.82, 2.24) is 10.2 Å². The number of rotatable bonds is 7. The molecule has 1 aliphatic heterocycles. The molecule has 1 aliphatic rings. The number of alkyl halides is 3. The second-order valence-corrected chi connectivity index (χ2v) is 9.73. The molecule has 2 amide bonds. The fraction of sp³-hybridized carbons (Fsp3) is 0.692. The van der Waals surface area contributed by atoms with E-state index < -0.39 is 36.9 Å². The highest BCUT2D eigenvalue weighted by atomic mass is 19.4. The van der Waals surface area contributed by atoms with Gasteiger partial charge in [0.05, 0.1) is 36.8 Å². The van der Waals surface area contributed by atoms with Crippen LogP contribution in [-0.2, 0) is 9.53 Å². The Morgan fingerprint density at radius 2 is 2.00 bits per heavy atom. The van der Waals surface area contributed by atoms with E-state index in [0.29, 0.717) is 25.4 Å². The van der Waals surface area contributed by atoms with Crippen LogP contribution in [0, 0.1) is 5.92 Å². The van der Waals surface area contributed by atoms with E-state index in [1.165, 1.54) is 12.1 Å². The normalized spacial score (nSPS) is 23.0. The summed E-state index contributed by atoms with van der Waals surface area (Å²) in [5, 5.41) is 15.5. The van der Waals surface area contributed by atoms with Gasteiger partial charge in [0.15, 0.2) is 0 Å². The van der Waals surface area contributed by atoms with Crippen molar-refractivity contribution in [2.45, 2.75) is 77.3 Å².